The van der Waals surface area contributed by atoms with Gasteiger partial charge in [0, 0.05) is 53.9 Å². The number of thiazole rings is 1. The van der Waals surface area contributed by atoms with Gasteiger partial charge in [0.05, 0.1) is 34.4 Å². The number of hydrogen-bond donors (Lipinski definition) is 1. The second-order valence-corrected chi connectivity index (χ2v) is 11.1. The standard InChI is InChI=1S/C31H28F2N6S/c1-4-26-30(39-17-22(6-10-27(39)36-26)38-13-11-35-12-14-38)23-8-9-25(28(33)18(23)2)31-37-29(19(3)40-31)24-7-5-21(32)15-20(24)16-34/h5-10,15,17,35H,4,11-14H2,1-3H3. The summed E-state index contributed by atoms with van der Waals surface area (Å²) in [5.41, 5.74) is 6.79. The van der Waals surface area contributed by atoms with Gasteiger partial charge in [-0.2, -0.15) is 5.26 Å². The summed E-state index contributed by atoms with van der Waals surface area (Å²) >= 11 is 1.36. The molecule has 0 atom stereocenters. The number of aromatic nitrogens is 3. The minimum absolute atomic E-state index is 0.201. The number of pyridine rings is 1. The van der Waals surface area contributed by atoms with Crippen LogP contribution in [-0.2, 0) is 6.42 Å². The Balaban J connectivity index is 1.44. The van der Waals surface area contributed by atoms with Crippen LogP contribution in [0.4, 0.5) is 14.5 Å². The van der Waals surface area contributed by atoms with Gasteiger partial charge >= 0.3 is 0 Å². The third-order valence-electron chi connectivity index (χ3n) is 7.52. The van der Waals surface area contributed by atoms with E-state index in [2.05, 4.69) is 33.8 Å². The first kappa shape index (κ1) is 26.1. The summed E-state index contributed by atoms with van der Waals surface area (Å²) in [7, 11) is 0. The van der Waals surface area contributed by atoms with Crippen LogP contribution in [0.1, 0.15) is 28.6 Å². The highest BCUT2D eigenvalue weighted by Gasteiger charge is 2.23. The molecule has 6 nitrogen and oxygen atoms in total. The van der Waals surface area contributed by atoms with Crippen molar-refractivity contribution < 1.29 is 8.78 Å². The molecule has 1 aliphatic rings. The first-order valence-electron chi connectivity index (χ1n) is 13.3. The van der Waals surface area contributed by atoms with Gasteiger partial charge in [0.2, 0.25) is 0 Å². The number of hydrogen-bond acceptors (Lipinski definition) is 6. The van der Waals surface area contributed by atoms with Gasteiger partial charge in [-0.1, -0.05) is 13.0 Å². The molecule has 1 aliphatic heterocycles. The second-order valence-electron chi connectivity index (χ2n) is 9.94. The number of nitrogens with zero attached hydrogens (tertiary/aromatic N) is 5. The molecule has 3 aromatic heterocycles. The van der Waals surface area contributed by atoms with Gasteiger partial charge in [-0.3, -0.25) is 4.40 Å². The van der Waals surface area contributed by atoms with Crippen LogP contribution in [0.15, 0.2) is 48.7 Å². The topological polar surface area (TPSA) is 69.2 Å². The van der Waals surface area contributed by atoms with E-state index in [1.54, 1.807) is 19.1 Å². The molecule has 0 aliphatic carbocycles. The van der Waals surface area contributed by atoms with Crippen molar-refractivity contribution >= 4 is 22.7 Å². The van der Waals surface area contributed by atoms with Crippen molar-refractivity contribution in [1.82, 2.24) is 19.7 Å². The Morgan fingerprint density at radius 2 is 1.75 bits per heavy atom. The summed E-state index contributed by atoms with van der Waals surface area (Å²) in [6, 6.07) is 14.0. The lowest BCUT2D eigenvalue weighted by atomic mass is 9.99. The molecule has 9 heteroatoms. The van der Waals surface area contributed by atoms with Gasteiger partial charge < -0.3 is 10.2 Å². The van der Waals surface area contributed by atoms with Crippen LogP contribution in [-0.4, -0.2) is 40.5 Å². The number of piperazine rings is 1. The monoisotopic (exact) mass is 554 g/mol. The third kappa shape index (κ3) is 4.43. The smallest absolute Gasteiger partial charge is 0.137 e. The molecule has 0 spiro atoms. The molecule has 6 rings (SSSR count). The number of benzene rings is 2. The maximum Gasteiger partial charge on any atom is 0.137 e. The van der Waals surface area contributed by atoms with E-state index >= 15 is 4.39 Å². The van der Waals surface area contributed by atoms with Crippen LogP contribution in [0.2, 0.25) is 0 Å². The molecular formula is C31H28F2N6S. The average Bonchev–Trinajstić information content (AvgIpc) is 3.54. The lowest BCUT2D eigenvalue weighted by Gasteiger charge is -2.29. The number of fused-ring (bicyclic) bond motifs is 1. The molecule has 0 amide bonds. The Labute approximate surface area is 235 Å². The quantitative estimate of drug-likeness (QED) is 0.268. The fraction of sp³-hybridized carbons (Fsp3) is 0.258. The maximum absolute atomic E-state index is 16.1. The van der Waals surface area contributed by atoms with E-state index in [0.717, 1.165) is 65.8 Å². The van der Waals surface area contributed by atoms with Crippen molar-refractivity contribution in [2.24, 2.45) is 0 Å². The molecule has 1 fully saturated rings. The number of imidazole rings is 1. The normalized spacial score (nSPS) is 13.7. The predicted octanol–water partition coefficient (Wildman–Crippen LogP) is 6.53. The molecule has 0 bridgehead atoms. The molecule has 1 N–H and O–H groups in total. The van der Waals surface area contributed by atoms with E-state index in [-0.39, 0.29) is 11.4 Å². The molecule has 0 radical (unpaired) electrons. The summed E-state index contributed by atoms with van der Waals surface area (Å²) in [6.45, 7) is 9.48. The lowest BCUT2D eigenvalue weighted by molar-refractivity contribution is 0.588. The second kappa shape index (κ2) is 10.5. The first-order valence-corrected chi connectivity index (χ1v) is 14.1. The molecule has 2 aromatic carbocycles. The molecule has 0 unspecified atom stereocenters. The highest BCUT2D eigenvalue weighted by atomic mass is 32.1. The Bertz CT molecular complexity index is 1790. The maximum atomic E-state index is 16.1. The Hall–Kier alpha value is -4.13. The van der Waals surface area contributed by atoms with Gasteiger partial charge in [0.25, 0.3) is 0 Å². The van der Waals surface area contributed by atoms with E-state index in [4.69, 9.17) is 9.97 Å². The van der Waals surface area contributed by atoms with E-state index in [9.17, 15) is 9.65 Å². The fourth-order valence-electron chi connectivity index (χ4n) is 5.41. The van der Waals surface area contributed by atoms with Crippen molar-refractivity contribution in [3.05, 3.63) is 82.0 Å². The summed E-state index contributed by atoms with van der Waals surface area (Å²) in [4.78, 5) is 12.7. The first-order chi connectivity index (χ1) is 19.4. The Morgan fingerprint density at radius 1 is 1.00 bits per heavy atom. The van der Waals surface area contributed by atoms with Crippen molar-refractivity contribution in [3.63, 3.8) is 0 Å². The number of rotatable bonds is 5. The van der Waals surface area contributed by atoms with E-state index in [1.165, 1.54) is 23.5 Å². The number of aryl methyl sites for hydroxylation is 2. The van der Waals surface area contributed by atoms with Gasteiger partial charge in [0.1, 0.15) is 22.3 Å². The summed E-state index contributed by atoms with van der Waals surface area (Å²) in [5, 5.41) is 13.4. The highest BCUT2D eigenvalue weighted by molar-refractivity contribution is 7.15. The van der Waals surface area contributed by atoms with E-state index < -0.39 is 5.82 Å². The Morgan fingerprint density at radius 3 is 2.50 bits per heavy atom. The van der Waals surface area contributed by atoms with Crippen molar-refractivity contribution in [2.75, 3.05) is 31.1 Å². The van der Waals surface area contributed by atoms with E-state index in [0.29, 0.717) is 27.4 Å². The summed E-state index contributed by atoms with van der Waals surface area (Å²) in [6.07, 6.45) is 2.83. The lowest BCUT2D eigenvalue weighted by Crippen LogP contribution is -2.43. The molecule has 1 saturated heterocycles. The number of nitrogens with one attached hydrogen (secondary N) is 1. The molecule has 4 heterocycles. The van der Waals surface area contributed by atoms with Crippen LogP contribution in [0.3, 0.4) is 0 Å². The number of nitriles is 1. The zero-order chi connectivity index (χ0) is 28.0. The zero-order valence-corrected chi connectivity index (χ0v) is 23.4. The minimum Gasteiger partial charge on any atom is -0.368 e. The number of halogens is 2. The van der Waals surface area contributed by atoms with Crippen LogP contribution >= 0.6 is 11.3 Å². The van der Waals surface area contributed by atoms with Crippen molar-refractivity contribution in [3.8, 4) is 39.2 Å². The van der Waals surface area contributed by atoms with Crippen molar-refractivity contribution in [2.45, 2.75) is 27.2 Å². The van der Waals surface area contributed by atoms with Crippen LogP contribution < -0.4 is 10.2 Å². The van der Waals surface area contributed by atoms with Gasteiger partial charge in [0.15, 0.2) is 0 Å². The number of anilines is 1. The third-order valence-corrected chi connectivity index (χ3v) is 8.52. The van der Waals surface area contributed by atoms with Crippen LogP contribution in [0, 0.1) is 36.8 Å². The minimum atomic E-state index is -0.482. The summed E-state index contributed by atoms with van der Waals surface area (Å²) in [5.74, 6) is -0.822. The molecule has 5 aromatic rings. The zero-order valence-electron chi connectivity index (χ0n) is 22.6. The van der Waals surface area contributed by atoms with Gasteiger partial charge in [-0.05, 0) is 62.2 Å². The van der Waals surface area contributed by atoms with Gasteiger partial charge in [-0.15, -0.1) is 11.3 Å². The Kier molecular flexibility index (Phi) is 6.82. The molecule has 202 valence electrons. The summed E-state index contributed by atoms with van der Waals surface area (Å²) < 4.78 is 31.9. The fourth-order valence-corrected chi connectivity index (χ4v) is 6.35. The largest absolute Gasteiger partial charge is 0.368 e. The van der Waals surface area contributed by atoms with Gasteiger partial charge in [-0.25, -0.2) is 18.7 Å². The molecular weight excluding hydrogens is 526 g/mol. The molecule has 0 saturated carbocycles. The molecule has 40 heavy (non-hydrogen) atoms. The van der Waals surface area contributed by atoms with E-state index in [1.807, 2.05) is 25.1 Å². The van der Waals surface area contributed by atoms with Crippen molar-refractivity contribution in [1.29, 1.82) is 5.26 Å². The van der Waals surface area contributed by atoms with Crippen LogP contribution in [0.5, 0.6) is 0 Å². The van der Waals surface area contributed by atoms with Crippen LogP contribution in [0.25, 0.3) is 38.7 Å². The SMILES string of the molecule is CCc1nc2ccc(N3CCNCC3)cn2c1-c1ccc(-c2nc(-c3ccc(F)cc3C#N)c(C)s2)c(F)c1C. The highest BCUT2D eigenvalue weighted by Crippen LogP contribution is 2.39. The average molecular weight is 555 g/mol. The predicted molar refractivity (Wildman–Crippen MR) is 156 cm³/mol.